The number of ether oxygens (including phenoxy) is 2. The van der Waals surface area contributed by atoms with Gasteiger partial charge in [-0.05, 0) is 69.0 Å². The van der Waals surface area contributed by atoms with Crippen molar-refractivity contribution in [2.75, 3.05) is 13.6 Å². The number of nitrogens with zero attached hydrogens (tertiary/aromatic N) is 2. The van der Waals surface area contributed by atoms with Crippen LogP contribution in [0.4, 0.5) is 0 Å². The fraction of sp³-hybridized carbons (Fsp3) is 0.448. The Morgan fingerprint density at radius 2 is 1.73 bits per heavy atom. The molecule has 2 aliphatic carbocycles. The zero-order chi connectivity index (χ0) is 28.1. The normalized spacial score (nSPS) is 31.2. The molecule has 1 saturated heterocycles. The average Bonchev–Trinajstić information content (AvgIpc) is 3.41. The third kappa shape index (κ3) is 3.13. The number of fused-ring (bicyclic) bond motifs is 1. The maximum Gasteiger partial charge on any atom is 0.348 e. The van der Waals surface area contributed by atoms with Crippen molar-refractivity contribution in [2.45, 2.75) is 61.5 Å². The molecule has 7 rings (SSSR count). The lowest BCUT2D eigenvalue weighted by Gasteiger charge is -2.59. The first-order valence-corrected chi connectivity index (χ1v) is 13.5. The van der Waals surface area contributed by atoms with Gasteiger partial charge in [0.25, 0.3) is 11.8 Å². The number of hydrogen-bond donors (Lipinski definition) is 3. The van der Waals surface area contributed by atoms with Crippen molar-refractivity contribution in [3.8, 4) is 11.5 Å². The Balaban J connectivity index is 1.35. The molecule has 4 unspecified atom stereocenters. The van der Waals surface area contributed by atoms with E-state index in [1.54, 1.807) is 30.3 Å². The number of aliphatic hydroxyl groups excluding tert-OH is 1. The number of imide groups is 1. The Morgan fingerprint density at radius 1 is 1.02 bits per heavy atom. The van der Waals surface area contributed by atoms with Crippen molar-refractivity contribution < 1.29 is 44.0 Å². The number of carboxylic acids is 2. The Morgan fingerprint density at radius 3 is 2.38 bits per heavy atom. The van der Waals surface area contributed by atoms with Crippen molar-refractivity contribution in [3.63, 3.8) is 0 Å². The van der Waals surface area contributed by atoms with E-state index in [1.165, 1.54) is 4.90 Å². The molecule has 2 aromatic rings. The summed E-state index contributed by atoms with van der Waals surface area (Å²) in [5.74, 6) is -3.56. The van der Waals surface area contributed by atoms with E-state index >= 15 is 0 Å². The van der Waals surface area contributed by atoms with Crippen LogP contribution in [0.15, 0.2) is 36.4 Å². The predicted molar refractivity (Wildman–Crippen MR) is 136 cm³/mol. The van der Waals surface area contributed by atoms with Gasteiger partial charge in [0.1, 0.15) is 6.10 Å². The minimum Gasteiger partial charge on any atom is -0.483 e. The van der Waals surface area contributed by atoms with Gasteiger partial charge in [0.15, 0.2) is 17.6 Å². The molecule has 2 aromatic carbocycles. The van der Waals surface area contributed by atoms with Crippen LogP contribution in [0.5, 0.6) is 11.5 Å². The standard InChI is InChI=1S/C29H28N2O9/c1-30-11-10-29-16-7-8-17(31-25(33)14-4-2-3-5-15(14)26(31)34)24(29)40-22-19(9-6-13(20(22)29)12-18(16)30)39-23(28(37)38)21(32)27(35)36/h2-6,9,16-18,21,23-24,32H,7-8,10-12H2,1H3,(H,35,36)(H,37,38)/t16-,17?,18+,21?,23?,24?,29-/m0/s1. The highest BCUT2D eigenvalue weighted by Gasteiger charge is 2.67. The van der Waals surface area contributed by atoms with Crippen LogP contribution in [0, 0.1) is 5.92 Å². The number of hydrogen-bond acceptors (Lipinski definition) is 8. The molecule has 3 aliphatic heterocycles. The smallest absolute Gasteiger partial charge is 0.348 e. The van der Waals surface area contributed by atoms with Crippen LogP contribution in [0.2, 0.25) is 0 Å². The number of aliphatic carboxylic acids is 2. The van der Waals surface area contributed by atoms with Gasteiger partial charge in [0.05, 0.1) is 17.2 Å². The van der Waals surface area contributed by atoms with Gasteiger partial charge < -0.3 is 29.7 Å². The van der Waals surface area contributed by atoms with Crippen molar-refractivity contribution in [1.29, 1.82) is 0 Å². The molecule has 2 fully saturated rings. The van der Waals surface area contributed by atoms with Crippen molar-refractivity contribution in [1.82, 2.24) is 9.80 Å². The molecule has 5 aliphatic rings. The summed E-state index contributed by atoms with van der Waals surface area (Å²) in [4.78, 5) is 54.0. The molecular formula is C29H28N2O9. The molecule has 1 spiro atoms. The minimum atomic E-state index is -2.30. The molecule has 208 valence electrons. The number of likely N-dealkylation sites (N-methyl/N-ethyl adjacent to an activating group) is 1. The third-order valence-electron chi connectivity index (χ3n) is 9.74. The quantitative estimate of drug-likeness (QED) is 0.450. The van der Waals surface area contributed by atoms with Crippen molar-refractivity contribution in [2.24, 2.45) is 5.92 Å². The molecule has 1 saturated carbocycles. The topological polar surface area (TPSA) is 154 Å². The number of aliphatic hydroxyl groups is 1. The first-order valence-electron chi connectivity index (χ1n) is 13.5. The maximum atomic E-state index is 13.5. The summed E-state index contributed by atoms with van der Waals surface area (Å²) in [5, 5.41) is 28.9. The number of carbonyl (C=O) groups is 4. The Kier molecular flexibility index (Phi) is 5.33. The molecule has 0 aromatic heterocycles. The summed E-state index contributed by atoms with van der Waals surface area (Å²) >= 11 is 0. The van der Waals surface area contributed by atoms with E-state index in [-0.39, 0.29) is 29.5 Å². The SMILES string of the molecule is CN1CC[C@]23c4c5ccc(OC(C(=O)O)C(O)C(=O)O)c4OC2C(N2C(=O)c4ccccc4C2=O)CC[C@H]3[C@H]1C5. The second-order valence-electron chi connectivity index (χ2n) is 11.4. The molecule has 11 heteroatoms. The number of rotatable bonds is 6. The second kappa shape index (κ2) is 8.52. The summed E-state index contributed by atoms with van der Waals surface area (Å²) in [7, 11) is 2.10. The van der Waals surface area contributed by atoms with Crippen LogP contribution in [0.25, 0.3) is 0 Å². The summed E-state index contributed by atoms with van der Waals surface area (Å²) in [6, 6.07) is 9.84. The van der Waals surface area contributed by atoms with Gasteiger partial charge in [0.2, 0.25) is 6.10 Å². The molecule has 11 nitrogen and oxygen atoms in total. The van der Waals surface area contributed by atoms with Crippen LogP contribution in [-0.4, -0.2) is 92.9 Å². The van der Waals surface area contributed by atoms with Gasteiger partial charge in [-0.3, -0.25) is 14.5 Å². The van der Waals surface area contributed by atoms with Gasteiger partial charge in [-0.25, -0.2) is 9.59 Å². The predicted octanol–water partition coefficient (Wildman–Crippen LogP) is 1.30. The van der Waals surface area contributed by atoms with Crippen LogP contribution in [0.1, 0.15) is 51.1 Å². The van der Waals surface area contributed by atoms with Gasteiger partial charge in [-0.1, -0.05) is 18.2 Å². The van der Waals surface area contributed by atoms with Crippen LogP contribution in [0.3, 0.4) is 0 Å². The highest BCUT2D eigenvalue weighted by atomic mass is 16.6. The lowest BCUT2D eigenvalue weighted by atomic mass is 9.51. The number of amides is 2. The van der Waals surface area contributed by atoms with E-state index in [0.29, 0.717) is 29.7 Å². The van der Waals surface area contributed by atoms with E-state index in [4.69, 9.17) is 9.47 Å². The molecule has 7 atom stereocenters. The van der Waals surface area contributed by atoms with Gasteiger partial charge >= 0.3 is 11.9 Å². The third-order valence-corrected chi connectivity index (χ3v) is 9.74. The van der Waals surface area contributed by atoms with Gasteiger partial charge in [0, 0.05) is 17.0 Å². The highest BCUT2D eigenvalue weighted by molar-refractivity contribution is 6.21. The fourth-order valence-corrected chi connectivity index (χ4v) is 8.08. The molecule has 2 bridgehead atoms. The molecule has 40 heavy (non-hydrogen) atoms. The zero-order valence-corrected chi connectivity index (χ0v) is 21.6. The zero-order valence-electron chi connectivity index (χ0n) is 21.6. The summed E-state index contributed by atoms with van der Waals surface area (Å²) in [5.41, 5.74) is 2.10. The summed E-state index contributed by atoms with van der Waals surface area (Å²) in [6.07, 6.45) is -2.16. The monoisotopic (exact) mass is 548 g/mol. The van der Waals surface area contributed by atoms with E-state index in [0.717, 1.165) is 30.5 Å². The first-order chi connectivity index (χ1) is 19.1. The number of likely N-dealkylation sites (tertiary alicyclic amines) is 1. The Hall–Kier alpha value is -3.96. The summed E-state index contributed by atoms with van der Waals surface area (Å²) in [6.45, 7) is 0.773. The van der Waals surface area contributed by atoms with Crippen LogP contribution >= 0.6 is 0 Å². The maximum absolute atomic E-state index is 13.5. The van der Waals surface area contributed by atoms with Crippen molar-refractivity contribution >= 4 is 23.8 Å². The minimum absolute atomic E-state index is 0.0208. The molecule has 2 amide bonds. The number of carbonyl (C=O) groups excluding carboxylic acids is 2. The average molecular weight is 549 g/mol. The first kappa shape index (κ1) is 25.0. The Labute approximate surface area is 228 Å². The molecule has 0 radical (unpaired) electrons. The fourth-order valence-electron chi connectivity index (χ4n) is 8.08. The lowest BCUT2D eigenvalue weighted by Crippen LogP contribution is -2.68. The van der Waals surface area contributed by atoms with Crippen molar-refractivity contribution in [3.05, 3.63) is 58.7 Å². The Bertz CT molecular complexity index is 1450. The van der Waals surface area contributed by atoms with Gasteiger partial charge in [-0.15, -0.1) is 0 Å². The molecular weight excluding hydrogens is 520 g/mol. The number of piperidine rings is 1. The molecule has 3 N–H and O–H groups in total. The van der Waals surface area contributed by atoms with E-state index in [9.17, 15) is 34.5 Å². The highest BCUT2D eigenvalue weighted by Crippen LogP contribution is 2.64. The lowest BCUT2D eigenvalue weighted by molar-refractivity contribution is -0.163. The van der Waals surface area contributed by atoms with Crippen LogP contribution in [-0.2, 0) is 21.4 Å². The number of benzene rings is 2. The second-order valence-corrected chi connectivity index (χ2v) is 11.4. The van der Waals surface area contributed by atoms with E-state index in [2.05, 4.69) is 11.9 Å². The van der Waals surface area contributed by atoms with E-state index in [1.807, 2.05) is 6.07 Å². The largest absolute Gasteiger partial charge is 0.483 e. The van der Waals surface area contributed by atoms with Crippen LogP contribution < -0.4 is 9.47 Å². The van der Waals surface area contributed by atoms with E-state index < -0.39 is 41.7 Å². The summed E-state index contributed by atoms with van der Waals surface area (Å²) < 4.78 is 12.3. The molecule has 3 heterocycles. The number of carboxylic acid groups (broad SMARTS) is 2. The van der Waals surface area contributed by atoms with Gasteiger partial charge in [-0.2, -0.15) is 0 Å².